The van der Waals surface area contributed by atoms with Crippen molar-refractivity contribution in [1.82, 2.24) is 0 Å². The van der Waals surface area contributed by atoms with Gasteiger partial charge in [-0.3, -0.25) is 4.79 Å². The molecule has 0 aliphatic rings. The molecule has 0 rings (SSSR count). The lowest BCUT2D eigenvalue weighted by Crippen LogP contribution is -2.12. The van der Waals surface area contributed by atoms with Gasteiger partial charge in [0.2, 0.25) is 0 Å². The minimum absolute atomic E-state index is 0.184. The van der Waals surface area contributed by atoms with Crippen molar-refractivity contribution in [2.24, 2.45) is 11.8 Å². The van der Waals surface area contributed by atoms with E-state index < -0.39 is 5.97 Å². The Morgan fingerprint density at radius 3 is 2.36 bits per heavy atom. The molecule has 2 atom stereocenters. The summed E-state index contributed by atoms with van der Waals surface area (Å²) < 4.78 is 0. The predicted octanol–water partition coefficient (Wildman–Crippen LogP) is 2.53. The zero-order chi connectivity index (χ0) is 8.85. The molecule has 0 heterocycles. The van der Waals surface area contributed by atoms with Crippen LogP contribution >= 0.6 is 0 Å². The third kappa shape index (κ3) is 4.82. The van der Waals surface area contributed by atoms with Crippen molar-refractivity contribution in [3.05, 3.63) is 0 Å². The monoisotopic (exact) mass is 158 g/mol. The number of carbonyl (C=O) groups is 1. The summed E-state index contributed by atoms with van der Waals surface area (Å²) in [6.07, 6.45) is 3.09. The Morgan fingerprint density at radius 1 is 1.45 bits per heavy atom. The predicted molar refractivity (Wildman–Crippen MR) is 45.5 cm³/mol. The third-order valence-corrected chi connectivity index (χ3v) is 1.96. The molecule has 0 unspecified atom stereocenters. The average Bonchev–Trinajstić information content (AvgIpc) is 1.87. The Hall–Kier alpha value is -0.530. The van der Waals surface area contributed by atoms with Crippen LogP contribution in [0.25, 0.3) is 0 Å². The highest BCUT2D eigenvalue weighted by Crippen LogP contribution is 2.16. The molecule has 0 aromatic rings. The Kier molecular flexibility index (Phi) is 4.92. The summed E-state index contributed by atoms with van der Waals surface area (Å²) in [6, 6.07) is 0. The minimum Gasteiger partial charge on any atom is -0.481 e. The van der Waals surface area contributed by atoms with Crippen LogP contribution < -0.4 is 0 Å². The number of aliphatic carboxylic acids is 1. The summed E-state index contributed by atoms with van der Waals surface area (Å²) in [5.74, 6) is -0.310. The highest BCUT2D eigenvalue weighted by molar-refractivity contribution is 5.69. The minimum atomic E-state index is -0.673. The van der Waals surface area contributed by atoms with Gasteiger partial charge in [0.25, 0.3) is 0 Å². The molecule has 2 nitrogen and oxygen atoms in total. The lowest BCUT2D eigenvalue weighted by atomic mass is 9.94. The molecule has 0 saturated carbocycles. The van der Waals surface area contributed by atoms with Crippen LogP contribution in [0, 0.1) is 11.8 Å². The highest BCUT2D eigenvalue weighted by Gasteiger charge is 2.13. The van der Waals surface area contributed by atoms with Crippen LogP contribution in [-0.4, -0.2) is 11.1 Å². The maximum Gasteiger partial charge on any atom is 0.306 e. The van der Waals surface area contributed by atoms with Crippen molar-refractivity contribution < 1.29 is 9.90 Å². The zero-order valence-electron chi connectivity index (χ0n) is 7.63. The number of carboxylic acids is 1. The molecule has 0 bridgehead atoms. The van der Waals surface area contributed by atoms with E-state index in [0.29, 0.717) is 5.92 Å². The first-order valence-electron chi connectivity index (χ1n) is 4.30. The van der Waals surface area contributed by atoms with Gasteiger partial charge in [0.1, 0.15) is 0 Å². The maximum atomic E-state index is 10.4. The Balaban J connectivity index is 3.56. The summed E-state index contributed by atoms with van der Waals surface area (Å²) in [4.78, 5) is 10.4. The van der Waals surface area contributed by atoms with E-state index in [-0.39, 0.29) is 5.92 Å². The quantitative estimate of drug-likeness (QED) is 0.667. The number of hydrogen-bond acceptors (Lipinski definition) is 1. The van der Waals surface area contributed by atoms with Crippen molar-refractivity contribution in [2.45, 2.75) is 40.0 Å². The Morgan fingerprint density at radius 2 is 2.00 bits per heavy atom. The van der Waals surface area contributed by atoms with Gasteiger partial charge in [0.05, 0.1) is 5.92 Å². The Labute approximate surface area is 68.6 Å². The lowest BCUT2D eigenvalue weighted by molar-refractivity contribution is -0.141. The second-order valence-electron chi connectivity index (χ2n) is 3.37. The molecule has 0 radical (unpaired) electrons. The molecule has 11 heavy (non-hydrogen) atoms. The average molecular weight is 158 g/mol. The first-order valence-corrected chi connectivity index (χ1v) is 4.30. The summed E-state index contributed by atoms with van der Waals surface area (Å²) in [5.41, 5.74) is 0. The fourth-order valence-electron chi connectivity index (χ4n) is 1.32. The van der Waals surface area contributed by atoms with E-state index in [0.717, 1.165) is 19.3 Å². The van der Waals surface area contributed by atoms with E-state index >= 15 is 0 Å². The first kappa shape index (κ1) is 10.5. The van der Waals surface area contributed by atoms with E-state index in [9.17, 15) is 4.79 Å². The smallest absolute Gasteiger partial charge is 0.306 e. The molecule has 0 saturated heterocycles. The van der Waals surface area contributed by atoms with Crippen molar-refractivity contribution in [2.75, 3.05) is 0 Å². The molecular formula is C9H18O2. The molecular weight excluding hydrogens is 140 g/mol. The topological polar surface area (TPSA) is 37.3 Å². The van der Waals surface area contributed by atoms with Gasteiger partial charge in [0.15, 0.2) is 0 Å². The molecule has 1 N–H and O–H groups in total. The van der Waals surface area contributed by atoms with Crippen LogP contribution in [-0.2, 0) is 4.79 Å². The molecule has 2 heteroatoms. The summed E-state index contributed by atoms with van der Waals surface area (Å²) in [7, 11) is 0. The van der Waals surface area contributed by atoms with Crippen LogP contribution in [0.5, 0.6) is 0 Å². The van der Waals surface area contributed by atoms with Crippen molar-refractivity contribution >= 4 is 5.97 Å². The summed E-state index contributed by atoms with van der Waals surface area (Å²) in [6.45, 7) is 6.01. The van der Waals surface area contributed by atoms with Gasteiger partial charge >= 0.3 is 5.97 Å². The Bertz CT molecular complexity index is 121. The van der Waals surface area contributed by atoms with Gasteiger partial charge in [0, 0.05) is 0 Å². The highest BCUT2D eigenvalue weighted by atomic mass is 16.4. The van der Waals surface area contributed by atoms with E-state index in [1.54, 1.807) is 6.92 Å². The van der Waals surface area contributed by atoms with Gasteiger partial charge in [-0.05, 0) is 12.3 Å². The van der Waals surface area contributed by atoms with Crippen molar-refractivity contribution in [1.29, 1.82) is 0 Å². The largest absolute Gasteiger partial charge is 0.481 e. The van der Waals surface area contributed by atoms with Crippen molar-refractivity contribution in [3.8, 4) is 0 Å². The zero-order valence-corrected chi connectivity index (χ0v) is 7.63. The van der Waals surface area contributed by atoms with Crippen LogP contribution in [0.3, 0.4) is 0 Å². The molecule has 0 aromatic carbocycles. The normalized spacial score (nSPS) is 15.9. The molecule has 0 amide bonds. The second kappa shape index (κ2) is 5.16. The molecule has 0 aromatic heterocycles. The van der Waals surface area contributed by atoms with E-state index in [1.165, 1.54) is 0 Å². The van der Waals surface area contributed by atoms with E-state index in [1.807, 2.05) is 0 Å². The van der Waals surface area contributed by atoms with Crippen LogP contribution in [0.4, 0.5) is 0 Å². The van der Waals surface area contributed by atoms with Gasteiger partial charge in [-0.15, -0.1) is 0 Å². The summed E-state index contributed by atoms with van der Waals surface area (Å²) >= 11 is 0. The fraction of sp³-hybridized carbons (Fsp3) is 0.889. The molecule has 0 fully saturated rings. The molecule has 66 valence electrons. The van der Waals surface area contributed by atoms with Gasteiger partial charge < -0.3 is 5.11 Å². The maximum absolute atomic E-state index is 10.4. The molecule has 0 aliphatic carbocycles. The first-order chi connectivity index (χ1) is 5.07. The second-order valence-corrected chi connectivity index (χ2v) is 3.37. The molecule has 0 spiro atoms. The number of rotatable bonds is 5. The lowest BCUT2D eigenvalue weighted by Gasteiger charge is -2.12. The van der Waals surface area contributed by atoms with Crippen LogP contribution in [0.15, 0.2) is 0 Å². The van der Waals surface area contributed by atoms with E-state index in [4.69, 9.17) is 5.11 Å². The van der Waals surface area contributed by atoms with Gasteiger partial charge in [-0.1, -0.05) is 33.6 Å². The number of carboxylic acid groups (broad SMARTS) is 1. The van der Waals surface area contributed by atoms with Crippen LogP contribution in [0.2, 0.25) is 0 Å². The number of hydrogen-bond donors (Lipinski definition) is 1. The SMILES string of the molecule is CCC[C@H](C)C[C@H](C)C(=O)O. The standard InChI is InChI=1S/C9H18O2/c1-4-5-7(2)6-8(3)9(10)11/h7-8H,4-6H2,1-3H3,(H,10,11)/t7-,8-/m0/s1. The van der Waals surface area contributed by atoms with Crippen LogP contribution in [0.1, 0.15) is 40.0 Å². The van der Waals surface area contributed by atoms with Gasteiger partial charge in [-0.2, -0.15) is 0 Å². The fourth-order valence-corrected chi connectivity index (χ4v) is 1.32. The van der Waals surface area contributed by atoms with E-state index in [2.05, 4.69) is 13.8 Å². The third-order valence-electron chi connectivity index (χ3n) is 1.96. The van der Waals surface area contributed by atoms with Crippen molar-refractivity contribution in [3.63, 3.8) is 0 Å². The van der Waals surface area contributed by atoms with Gasteiger partial charge in [-0.25, -0.2) is 0 Å². The summed E-state index contributed by atoms with van der Waals surface area (Å²) in [5, 5.41) is 8.60. The molecule has 0 aliphatic heterocycles.